The van der Waals surface area contributed by atoms with Gasteiger partial charge in [-0.25, -0.2) is 18.4 Å². The van der Waals surface area contributed by atoms with Gasteiger partial charge in [0.2, 0.25) is 10.0 Å². The SMILES string of the molecule is C=CS(=O)(=O)N1CCN(c2cc(-c3ccc(Cl)cc3)nc(-c3cccnc3)n2)CC1. The number of nitrogens with zero attached hydrogens (tertiary/aromatic N) is 5. The fraction of sp³-hybridized carbons (Fsp3) is 0.190. The number of pyridine rings is 1. The number of piperazine rings is 1. The molecule has 0 saturated carbocycles. The van der Waals surface area contributed by atoms with Gasteiger partial charge in [-0.3, -0.25) is 4.98 Å². The summed E-state index contributed by atoms with van der Waals surface area (Å²) < 4.78 is 25.5. The van der Waals surface area contributed by atoms with E-state index in [2.05, 4.69) is 16.5 Å². The molecule has 2 aromatic heterocycles. The normalized spacial score (nSPS) is 15.2. The van der Waals surface area contributed by atoms with Crippen LogP contribution in [0.4, 0.5) is 5.82 Å². The molecule has 154 valence electrons. The van der Waals surface area contributed by atoms with Crippen molar-refractivity contribution in [2.24, 2.45) is 0 Å². The number of sulfonamides is 1. The van der Waals surface area contributed by atoms with E-state index in [4.69, 9.17) is 21.6 Å². The average molecular weight is 442 g/mol. The molecule has 1 aliphatic rings. The highest BCUT2D eigenvalue weighted by atomic mass is 35.5. The minimum absolute atomic E-state index is 0.372. The van der Waals surface area contributed by atoms with Crippen molar-refractivity contribution in [3.05, 3.63) is 71.9 Å². The van der Waals surface area contributed by atoms with Gasteiger partial charge < -0.3 is 4.90 Å². The molecule has 7 nitrogen and oxygen atoms in total. The van der Waals surface area contributed by atoms with Gasteiger partial charge in [-0.05, 0) is 24.3 Å². The first kappa shape index (κ1) is 20.5. The predicted molar refractivity (Wildman–Crippen MR) is 119 cm³/mol. The van der Waals surface area contributed by atoms with Gasteiger partial charge in [0.25, 0.3) is 0 Å². The summed E-state index contributed by atoms with van der Waals surface area (Å²) in [6.07, 6.45) is 3.42. The van der Waals surface area contributed by atoms with Crippen molar-refractivity contribution in [1.82, 2.24) is 19.3 Å². The lowest BCUT2D eigenvalue weighted by molar-refractivity contribution is 0.389. The summed E-state index contributed by atoms with van der Waals surface area (Å²) >= 11 is 6.03. The molecule has 1 fully saturated rings. The standard InChI is InChI=1S/C21H20ClN5O2S/c1-2-30(28,29)27-12-10-26(11-13-27)20-14-19(16-5-7-18(22)8-6-16)24-21(25-20)17-4-3-9-23-15-17/h2-9,14-15H,1,10-13H2. The van der Waals surface area contributed by atoms with E-state index in [0.29, 0.717) is 37.0 Å². The molecule has 0 spiro atoms. The van der Waals surface area contributed by atoms with Crippen molar-refractivity contribution in [1.29, 1.82) is 0 Å². The Morgan fingerprint density at radius 2 is 1.73 bits per heavy atom. The molecule has 1 aliphatic heterocycles. The fourth-order valence-corrected chi connectivity index (χ4v) is 4.28. The minimum Gasteiger partial charge on any atom is -0.354 e. The van der Waals surface area contributed by atoms with Crippen LogP contribution in [0.5, 0.6) is 0 Å². The van der Waals surface area contributed by atoms with Crippen LogP contribution in [0.2, 0.25) is 5.02 Å². The number of hydrogen-bond acceptors (Lipinski definition) is 6. The maximum absolute atomic E-state index is 12.0. The van der Waals surface area contributed by atoms with Crippen LogP contribution in [0.3, 0.4) is 0 Å². The van der Waals surface area contributed by atoms with Gasteiger partial charge in [-0.15, -0.1) is 0 Å². The second-order valence-electron chi connectivity index (χ2n) is 6.78. The summed E-state index contributed by atoms with van der Waals surface area (Å²) in [5.74, 6) is 1.30. The Morgan fingerprint density at radius 3 is 2.37 bits per heavy atom. The van der Waals surface area contributed by atoms with Gasteiger partial charge in [0.15, 0.2) is 5.82 Å². The molecule has 0 N–H and O–H groups in total. The van der Waals surface area contributed by atoms with E-state index in [-0.39, 0.29) is 0 Å². The number of halogens is 1. The summed E-state index contributed by atoms with van der Waals surface area (Å²) in [4.78, 5) is 15.7. The highest BCUT2D eigenvalue weighted by molar-refractivity contribution is 7.92. The van der Waals surface area contributed by atoms with Crippen LogP contribution in [0, 0.1) is 0 Å². The second kappa shape index (κ2) is 8.51. The van der Waals surface area contributed by atoms with Crippen LogP contribution in [-0.2, 0) is 10.0 Å². The molecular formula is C21H20ClN5O2S. The zero-order chi connectivity index (χ0) is 21.1. The molecule has 0 bridgehead atoms. The Morgan fingerprint density at radius 1 is 1.00 bits per heavy atom. The van der Waals surface area contributed by atoms with Crippen molar-refractivity contribution in [3.63, 3.8) is 0 Å². The molecule has 1 saturated heterocycles. The number of aromatic nitrogens is 3. The third kappa shape index (κ3) is 4.35. The van der Waals surface area contributed by atoms with E-state index >= 15 is 0 Å². The van der Waals surface area contributed by atoms with Gasteiger partial charge in [-0.2, -0.15) is 4.31 Å². The smallest absolute Gasteiger partial charge is 0.235 e. The Balaban J connectivity index is 1.70. The van der Waals surface area contributed by atoms with Crippen molar-refractivity contribution >= 4 is 27.4 Å². The number of anilines is 1. The first-order valence-corrected chi connectivity index (χ1v) is 11.3. The Kier molecular flexibility index (Phi) is 5.80. The zero-order valence-corrected chi connectivity index (χ0v) is 17.7. The first-order chi connectivity index (χ1) is 14.5. The van der Waals surface area contributed by atoms with E-state index in [9.17, 15) is 8.42 Å². The second-order valence-corrected chi connectivity index (χ2v) is 9.10. The van der Waals surface area contributed by atoms with Crippen LogP contribution >= 0.6 is 11.6 Å². The molecule has 1 aromatic carbocycles. The number of hydrogen-bond donors (Lipinski definition) is 0. The van der Waals surface area contributed by atoms with Crippen molar-refractivity contribution in [2.45, 2.75) is 0 Å². The van der Waals surface area contributed by atoms with E-state index in [0.717, 1.165) is 28.0 Å². The summed E-state index contributed by atoms with van der Waals surface area (Å²) in [5.41, 5.74) is 2.49. The van der Waals surface area contributed by atoms with Crippen LogP contribution in [0.25, 0.3) is 22.6 Å². The number of benzene rings is 1. The van der Waals surface area contributed by atoms with Gasteiger partial charge >= 0.3 is 0 Å². The first-order valence-electron chi connectivity index (χ1n) is 9.39. The van der Waals surface area contributed by atoms with Gasteiger partial charge in [0.1, 0.15) is 5.82 Å². The summed E-state index contributed by atoms with van der Waals surface area (Å²) in [5, 5.41) is 1.65. The van der Waals surface area contributed by atoms with Gasteiger partial charge in [0.05, 0.1) is 5.69 Å². The topological polar surface area (TPSA) is 79.3 Å². The molecule has 0 aliphatic carbocycles. The van der Waals surface area contributed by atoms with E-state index in [1.54, 1.807) is 12.4 Å². The molecule has 0 radical (unpaired) electrons. The third-order valence-electron chi connectivity index (χ3n) is 4.91. The molecule has 0 amide bonds. The Bertz CT molecular complexity index is 1150. The van der Waals surface area contributed by atoms with Gasteiger partial charge in [-0.1, -0.05) is 30.3 Å². The van der Waals surface area contributed by atoms with Crippen LogP contribution in [0.15, 0.2) is 66.8 Å². The quantitative estimate of drug-likeness (QED) is 0.603. The molecule has 0 unspecified atom stereocenters. The highest BCUT2D eigenvalue weighted by Gasteiger charge is 2.26. The summed E-state index contributed by atoms with van der Waals surface area (Å²) in [7, 11) is -3.42. The average Bonchev–Trinajstić information content (AvgIpc) is 2.80. The maximum atomic E-state index is 12.0. The molecule has 0 atom stereocenters. The molecule has 3 aromatic rings. The minimum atomic E-state index is -3.42. The lowest BCUT2D eigenvalue weighted by atomic mass is 10.1. The van der Waals surface area contributed by atoms with Crippen molar-refractivity contribution < 1.29 is 8.42 Å². The lowest BCUT2D eigenvalue weighted by Crippen LogP contribution is -2.48. The van der Waals surface area contributed by atoms with Gasteiger partial charge in [0, 0.05) is 66.2 Å². The van der Waals surface area contributed by atoms with E-state index in [1.807, 2.05) is 42.5 Å². The Hall–Kier alpha value is -2.81. The Labute approximate surface area is 180 Å². The van der Waals surface area contributed by atoms with E-state index in [1.165, 1.54) is 4.31 Å². The number of rotatable bonds is 5. The molecule has 4 rings (SSSR count). The van der Waals surface area contributed by atoms with E-state index < -0.39 is 10.0 Å². The monoisotopic (exact) mass is 441 g/mol. The summed E-state index contributed by atoms with van der Waals surface area (Å²) in [6, 6.07) is 13.1. The highest BCUT2D eigenvalue weighted by Crippen LogP contribution is 2.27. The molecular weight excluding hydrogens is 422 g/mol. The predicted octanol–water partition coefficient (Wildman–Crippen LogP) is 3.45. The van der Waals surface area contributed by atoms with Crippen LogP contribution < -0.4 is 4.90 Å². The largest absolute Gasteiger partial charge is 0.354 e. The zero-order valence-electron chi connectivity index (χ0n) is 16.1. The molecule has 3 heterocycles. The molecule has 9 heteroatoms. The van der Waals surface area contributed by atoms with Crippen molar-refractivity contribution in [3.8, 4) is 22.6 Å². The fourth-order valence-electron chi connectivity index (χ4n) is 3.27. The van der Waals surface area contributed by atoms with Crippen LogP contribution in [0.1, 0.15) is 0 Å². The summed E-state index contributed by atoms with van der Waals surface area (Å²) in [6.45, 7) is 5.19. The maximum Gasteiger partial charge on any atom is 0.235 e. The van der Waals surface area contributed by atoms with Crippen molar-refractivity contribution in [2.75, 3.05) is 31.1 Å². The molecule has 30 heavy (non-hydrogen) atoms. The lowest BCUT2D eigenvalue weighted by Gasteiger charge is -2.34. The third-order valence-corrected chi connectivity index (χ3v) is 6.66. The van der Waals surface area contributed by atoms with Crippen LogP contribution in [-0.4, -0.2) is 53.9 Å².